The fourth-order valence-corrected chi connectivity index (χ4v) is 5.03. The van der Waals surface area contributed by atoms with Crippen LogP contribution in [0.4, 0.5) is 15.8 Å². The SMILES string of the molecule is O=C(CSC1=NC(c2ccccc2)=NCN1c1ccccc1)N1CCN(c2ccc(F)cc2)CC1. The minimum Gasteiger partial charge on any atom is -0.368 e. The first-order valence-corrected chi connectivity index (χ1v) is 12.6. The lowest BCUT2D eigenvalue weighted by atomic mass is 10.2. The van der Waals surface area contributed by atoms with E-state index in [0.717, 1.165) is 35.2 Å². The standard InChI is InChI=1S/C27H26FN5OS/c28-22-11-13-23(14-12-22)31-15-17-32(18-16-31)25(34)19-35-27-30-26(21-7-3-1-4-8-21)29-20-33(27)24-9-5-2-6-10-24/h1-14H,15-20H2. The Morgan fingerprint density at radius 2 is 1.49 bits per heavy atom. The Kier molecular flexibility index (Phi) is 7.09. The van der Waals surface area contributed by atoms with E-state index in [0.29, 0.717) is 31.3 Å². The van der Waals surface area contributed by atoms with Crippen LogP contribution < -0.4 is 9.80 Å². The molecule has 0 unspecified atom stereocenters. The Labute approximate surface area is 208 Å². The summed E-state index contributed by atoms with van der Waals surface area (Å²) in [5.74, 6) is 0.838. The third-order valence-corrected chi connectivity index (χ3v) is 7.00. The highest BCUT2D eigenvalue weighted by Gasteiger charge is 2.25. The summed E-state index contributed by atoms with van der Waals surface area (Å²) in [6.07, 6.45) is 0. The van der Waals surface area contributed by atoms with Gasteiger partial charge in [0.25, 0.3) is 0 Å². The highest BCUT2D eigenvalue weighted by Crippen LogP contribution is 2.24. The number of thioether (sulfide) groups is 1. The Hall–Kier alpha value is -3.65. The number of carbonyl (C=O) groups excluding carboxylic acids is 1. The molecule has 0 radical (unpaired) electrons. The third kappa shape index (κ3) is 5.54. The second-order valence-electron chi connectivity index (χ2n) is 8.28. The molecule has 0 atom stereocenters. The number of halogens is 1. The lowest BCUT2D eigenvalue weighted by Gasteiger charge is -2.36. The van der Waals surface area contributed by atoms with Crippen LogP contribution in [0.1, 0.15) is 5.56 Å². The minimum atomic E-state index is -0.241. The van der Waals surface area contributed by atoms with Gasteiger partial charge in [-0.1, -0.05) is 60.3 Å². The molecule has 3 aromatic carbocycles. The molecule has 0 bridgehead atoms. The summed E-state index contributed by atoms with van der Waals surface area (Å²) in [6, 6.07) is 26.4. The monoisotopic (exact) mass is 487 g/mol. The number of carbonyl (C=O) groups is 1. The number of benzene rings is 3. The molecule has 5 rings (SSSR count). The smallest absolute Gasteiger partial charge is 0.233 e. The van der Waals surface area contributed by atoms with E-state index >= 15 is 0 Å². The van der Waals surface area contributed by atoms with Gasteiger partial charge in [0.15, 0.2) is 11.0 Å². The van der Waals surface area contributed by atoms with Gasteiger partial charge in [-0.3, -0.25) is 4.79 Å². The van der Waals surface area contributed by atoms with Crippen LogP contribution in [-0.2, 0) is 4.79 Å². The lowest BCUT2D eigenvalue weighted by molar-refractivity contribution is -0.128. The molecule has 1 fully saturated rings. The molecule has 178 valence electrons. The van der Waals surface area contributed by atoms with Gasteiger partial charge in [0.2, 0.25) is 5.91 Å². The molecule has 2 aliphatic heterocycles. The van der Waals surface area contributed by atoms with Crippen molar-refractivity contribution in [2.45, 2.75) is 0 Å². The maximum absolute atomic E-state index is 13.2. The largest absolute Gasteiger partial charge is 0.368 e. The molecular weight excluding hydrogens is 461 g/mol. The number of aliphatic imine (C=N–C) groups is 2. The van der Waals surface area contributed by atoms with Gasteiger partial charge in [-0.05, 0) is 36.4 Å². The molecule has 2 aliphatic rings. The topological polar surface area (TPSA) is 51.5 Å². The van der Waals surface area contributed by atoms with Gasteiger partial charge in [-0.2, -0.15) is 0 Å². The van der Waals surface area contributed by atoms with Gasteiger partial charge in [-0.25, -0.2) is 14.4 Å². The van der Waals surface area contributed by atoms with Crippen LogP contribution in [0, 0.1) is 5.82 Å². The van der Waals surface area contributed by atoms with E-state index < -0.39 is 0 Å². The minimum absolute atomic E-state index is 0.0910. The van der Waals surface area contributed by atoms with Crippen LogP contribution in [0.5, 0.6) is 0 Å². The number of para-hydroxylation sites is 1. The normalized spacial score (nSPS) is 16.1. The number of nitrogens with zero attached hydrogens (tertiary/aromatic N) is 5. The zero-order chi connectivity index (χ0) is 24.0. The number of hydrogen-bond acceptors (Lipinski definition) is 6. The molecule has 8 heteroatoms. The summed E-state index contributed by atoms with van der Waals surface area (Å²) in [5.41, 5.74) is 2.94. The Balaban J connectivity index is 1.24. The molecule has 0 saturated carbocycles. The molecule has 2 heterocycles. The van der Waals surface area contributed by atoms with E-state index in [1.54, 1.807) is 12.1 Å². The molecule has 1 saturated heterocycles. The lowest BCUT2D eigenvalue weighted by Crippen LogP contribution is -2.49. The first-order chi connectivity index (χ1) is 17.2. The molecule has 0 N–H and O–H groups in total. The summed E-state index contributed by atoms with van der Waals surface area (Å²) in [6.45, 7) is 3.18. The van der Waals surface area contributed by atoms with Crippen LogP contribution in [-0.4, -0.2) is 60.4 Å². The Morgan fingerprint density at radius 1 is 0.829 bits per heavy atom. The van der Waals surface area contributed by atoms with E-state index in [2.05, 4.69) is 9.89 Å². The molecule has 0 aromatic heterocycles. The van der Waals surface area contributed by atoms with Crippen molar-refractivity contribution in [1.29, 1.82) is 0 Å². The number of amidine groups is 2. The van der Waals surface area contributed by atoms with Crippen molar-refractivity contribution < 1.29 is 9.18 Å². The molecule has 0 aliphatic carbocycles. The number of hydrogen-bond donors (Lipinski definition) is 0. The van der Waals surface area contributed by atoms with Crippen molar-refractivity contribution >= 4 is 40.0 Å². The van der Waals surface area contributed by atoms with E-state index in [-0.39, 0.29) is 11.7 Å². The van der Waals surface area contributed by atoms with Gasteiger partial charge >= 0.3 is 0 Å². The van der Waals surface area contributed by atoms with E-state index in [9.17, 15) is 9.18 Å². The predicted molar refractivity (Wildman–Crippen MR) is 142 cm³/mol. The van der Waals surface area contributed by atoms with Crippen molar-refractivity contribution in [1.82, 2.24) is 4.90 Å². The quantitative estimate of drug-likeness (QED) is 0.532. The van der Waals surface area contributed by atoms with Gasteiger partial charge in [0, 0.05) is 43.1 Å². The molecular formula is C27H26FN5OS. The van der Waals surface area contributed by atoms with Crippen LogP contribution in [0.15, 0.2) is 94.9 Å². The highest BCUT2D eigenvalue weighted by molar-refractivity contribution is 8.14. The number of amides is 1. The fourth-order valence-electron chi connectivity index (χ4n) is 4.12. The van der Waals surface area contributed by atoms with Crippen molar-refractivity contribution in [3.8, 4) is 0 Å². The van der Waals surface area contributed by atoms with Crippen LogP contribution in [0.25, 0.3) is 0 Å². The first-order valence-electron chi connectivity index (χ1n) is 11.6. The van der Waals surface area contributed by atoms with Crippen molar-refractivity contribution in [3.63, 3.8) is 0 Å². The van der Waals surface area contributed by atoms with E-state index in [4.69, 9.17) is 4.99 Å². The number of rotatable bonds is 5. The van der Waals surface area contributed by atoms with Gasteiger partial charge in [0.1, 0.15) is 12.5 Å². The molecule has 35 heavy (non-hydrogen) atoms. The maximum atomic E-state index is 13.2. The van der Waals surface area contributed by atoms with Crippen LogP contribution in [0.2, 0.25) is 0 Å². The average Bonchev–Trinajstić information content (AvgIpc) is 2.93. The Bertz CT molecular complexity index is 1210. The molecule has 0 spiro atoms. The summed E-state index contributed by atoms with van der Waals surface area (Å²) in [4.78, 5) is 28.7. The fraction of sp³-hybridized carbons (Fsp3) is 0.222. The maximum Gasteiger partial charge on any atom is 0.233 e. The van der Waals surface area contributed by atoms with Crippen LogP contribution >= 0.6 is 11.8 Å². The van der Waals surface area contributed by atoms with Gasteiger partial charge < -0.3 is 14.7 Å². The molecule has 6 nitrogen and oxygen atoms in total. The molecule has 3 aromatic rings. The summed E-state index contributed by atoms with van der Waals surface area (Å²) >= 11 is 1.45. The number of anilines is 2. The van der Waals surface area contributed by atoms with Crippen molar-refractivity contribution in [3.05, 3.63) is 96.3 Å². The van der Waals surface area contributed by atoms with Gasteiger partial charge in [-0.15, -0.1) is 0 Å². The third-order valence-electron chi connectivity index (χ3n) is 6.04. The predicted octanol–water partition coefficient (Wildman–Crippen LogP) is 4.49. The summed E-state index contributed by atoms with van der Waals surface area (Å²) in [7, 11) is 0. The van der Waals surface area contributed by atoms with Crippen LogP contribution in [0.3, 0.4) is 0 Å². The van der Waals surface area contributed by atoms with Crippen molar-refractivity contribution in [2.75, 3.05) is 48.4 Å². The zero-order valence-electron chi connectivity index (χ0n) is 19.3. The summed E-state index contributed by atoms with van der Waals surface area (Å²) < 4.78 is 13.2. The average molecular weight is 488 g/mol. The number of piperazine rings is 1. The van der Waals surface area contributed by atoms with Crippen molar-refractivity contribution in [2.24, 2.45) is 9.98 Å². The zero-order valence-corrected chi connectivity index (χ0v) is 20.1. The first kappa shape index (κ1) is 23.1. The highest BCUT2D eigenvalue weighted by atomic mass is 32.2. The summed E-state index contributed by atoms with van der Waals surface area (Å²) in [5, 5.41) is 0.767. The van der Waals surface area contributed by atoms with Gasteiger partial charge in [0.05, 0.1) is 5.75 Å². The second-order valence-corrected chi connectivity index (χ2v) is 9.22. The van der Waals surface area contributed by atoms with E-state index in [1.165, 1.54) is 23.9 Å². The second kappa shape index (κ2) is 10.7. The van der Waals surface area contributed by atoms with E-state index in [1.807, 2.05) is 70.5 Å². The Morgan fingerprint density at radius 3 is 2.17 bits per heavy atom. The molecule has 1 amide bonds.